The maximum absolute atomic E-state index is 8.93. The monoisotopic (exact) mass is 290 g/mol. The number of rotatable bonds is 5. The van der Waals surface area contributed by atoms with Crippen LogP contribution >= 0.6 is 27.7 Å². The smallest absolute Gasteiger partial charge is 0.119 e. The molecule has 84 valence electrons. The molecule has 2 nitrogen and oxygen atoms in total. The highest BCUT2D eigenvalue weighted by atomic mass is 79.9. The van der Waals surface area contributed by atoms with Crippen molar-refractivity contribution in [1.29, 1.82) is 0 Å². The van der Waals surface area contributed by atoms with Crippen molar-refractivity contribution >= 4 is 27.7 Å². The lowest BCUT2D eigenvalue weighted by Crippen LogP contribution is -2.02. The number of thioether (sulfide) groups is 1. The van der Waals surface area contributed by atoms with Gasteiger partial charge < -0.3 is 9.84 Å². The second-order valence-electron chi connectivity index (χ2n) is 3.26. The molecule has 0 amide bonds. The van der Waals surface area contributed by atoms with Gasteiger partial charge in [-0.25, -0.2) is 0 Å². The van der Waals surface area contributed by atoms with Crippen molar-refractivity contribution in [2.24, 2.45) is 0 Å². The molecule has 0 aliphatic carbocycles. The van der Waals surface area contributed by atoms with E-state index in [1.54, 1.807) is 18.9 Å². The third-order valence-corrected chi connectivity index (χ3v) is 4.00. The van der Waals surface area contributed by atoms with Gasteiger partial charge in [-0.1, -0.05) is 22.9 Å². The first-order valence-corrected chi connectivity index (χ1v) is 6.56. The molecule has 1 aromatic carbocycles. The molecule has 0 heterocycles. The van der Waals surface area contributed by atoms with Gasteiger partial charge in [-0.05, 0) is 23.8 Å². The van der Waals surface area contributed by atoms with Crippen molar-refractivity contribution in [1.82, 2.24) is 0 Å². The molecule has 0 saturated heterocycles. The molecule has 1 N–H and O–H groups in total. The standard InChI is InChI=1S/C11H15BrO2S/c1-8(6-13)15-7-9-5-10(14-2)3-4-11(9)12/h3-5,8,13H,6-7H2,1-2H3. The zero-order chi connectivity index (χ0) is 11.3. The molecule has 1 unspecified atom stereocenters. The van der Waals surface area contributed by atoms with Crippen LogP contribution in [0.3, 0.4) is 0 Å². The van der Waals surface area contributed by atoms with E-state index in [9.17, 15) is 0 Å². The molecule has 15 heavy (non-hydrogen) atoms. The zero-order valence-corrected chi connectivity index (χ0v) is 11.3. The molecule has 1 aromatic rings. The summed E-state index contributed by atoms with van der Waals surface area (Å²) in [5, 5.41) is 9.19. The largest absolute Gasteiger partial charge is 0.497 e. The highest BCUT2D eigenvalue weighted by Gasteiger charge is 2.05. The van der Waals surface area contributed by atoms with Crippen LogP contribution in [0.5, 0.6) is 5.75 Å². The minimum atomic E-state index is 0.215. The van der Waals surface area contributed by atoms with Gasteiger partial charge in [-0.3, -0.25) is 0 Å². The molecule has 0 spiro atoms. The average Bonchev–Trinajstić information content (AvgIpc) is 2.27. The first-order valence-electron chi connectivity index (χ1n) is 4.72. The predicted molar refractivity (Wildman–Crippen MR) is 68.5 cm³/mol. The van der Waals surface area contributed by atoms with Crippen LogP contribution in [-0.2, 0) is 5.75 Å². The molecule has 0 bridgehead atoms. The van der Waals surface area contributed by atoms with E-state index in [0.29, 0.717) is 0 Å². The fourth-order valence-corrected chi connectivity index (χ4v) is 2.45. The van der Waals surface area contributed by atoms with Crippen LogP contribution in [0.2, 0.25) is 0 Å². The Bertz CT molecular complexity index is 317. The van der Waals surface area contributed by atoms with Crippen molar-refractivity contribution in [3.63, 3.8) is 0 Å². The zero-order valence-electron chi connectivity index (χ0n) is 8.87. The molecule has 0 aliphatic heterocycles. The minimum Gasteiger partial charge on any atom is -0.497 e. The Morgan fingerprint density at radius 1 is 1.53 bits per heavy atom. The van der Waals surface area contributed by atoms with Gasteiger partial charge in [-0.15, -0.1) is 0 Å². The molecular formula is C11H15BrO2S. The lowest BCUT2D eigenvalue weighted by Gasteiger charge is -2.10. The second-order valence-corrected chi connectivity index (χ2v) is 5.54. The number of hydrogen-bond donors (Lipinski definition) is 1. The summed E-state index contributed by atoms with van der Waals surface area (Å²) in [6.07, 6.45) is 0. The van der Waals surface area contributed by atoms with Crippen molar-refractivity contribution in [3.05, 3.63) is 28.2 Å². The second kappa shape index (κ2) is 6.40. The summed E-state index contributed by atoms with van der Waals surface area (Å²) in [5.74, 6) is 1.74. The Morgan fingerprint density at radius 3 is 2.87 bits per heavy atom. The average molecular weight is 291 g/mol. The van der Waals surface area contributed by atoms with Gasteiger partial charge in [0, 0.05) is 15.5 Å². The molecule has 0 aliphatic rings. The summed E-state index contributed by atoms with van der Waals surface area (Å²) in [6, 6.07) is 5.92. The number of methoxy groups -OCH3 is 1. The van der Waals surface area contributed by atoms with Crippen LogP contribution in [0.1, 0.15) is 12.5 Å². The fourth-order valence-electron chi connectivity index (χ4n) is 1.07. The van der Waals surface area contributed by atoms with E-state index >= 15 is 0 Å². The van der Waals surface area contributed by atoms with Crippen LogP contribution in [0, 0.1) is 0 Å². The van der Waals surface area contributed by atoms with Gasteiger partial charge in [0.2, 0.25) is 0 Å². The molecule has 0 saturated carbocycles. The van der Waals surface area contributed by atoms with Crippen molar-refractivity contribution in [3.8, 4) is 5.75 Å². The van der Waals surface area contributed by atoms with Gasteiger partial charge in [0.25, 0.3) is 0 Å². The third-order valence-electron chi connectivity index (χ3n) is 2.03. The highest BCUT2D eigenvalue weighted by Crippen LogP contribution is 2.27. The summed E-state index contributed by atoms with van der Waals surface area (Å²) < 4.78 is 6.25. The number of aliphatic hydroxyl groups is 1. The van der Waals surface area contributed by atoms with Crippen LogP contribution in [0.25, 0.3) is 0 Å². The van der Waals surface area contributed by atoms with Gasteiger partial charge in [-0.2, -0.15) is 11.8 Å². The lowest BCUT2D eigenvalue weighted by molar-refractivity contribution is 0.300. The molecule has 0 fully saturated rings. The Kier molecular flexibility index (Phi) is 5.50. The SMILES string of the molecule is COc1ccc(Br)c(CSC(C)CO)c1. The van der Waals surface area contributed by atoms with Crippen LogP contribution in [0.4, 0.5) is 0 Å². The molecule has 1 rings (SSSR count). The van der Waals surface area contributed by atoms with E-state index in [1.807, 2.05) is 25.1 Å². The van der Waals surface area contributed by atoms with E-state index in [0.717, 1.165) is 16.0 Å². The highest BCUT2D eigenvalue weighted by molar-refractivity contribution is 9.10. The number of ether oxygens (including phenoxy) is 1. The van der Waals surface area contributed by atoms with E-state index < -0.39 is 0 Å². The fraction of sp³-hybridized carbons (Fsp3) is 0.455. The first-order chi connectivity index (χ1) is 7.17. The topological polar surface area (TPSA) is 29.5 Å². The summed E-state index contributed by atoms with van der Waals surface area (Å²) >= 11 is 5.23. The maximum Gasteiger partial charge on any atom is 0.119 e. The van der Waals surface area contributed by atoms with E-state index in [2.05, 4.69) is 15.9 Å². The summed E-state index contributed by atoms with van der Waals surface area (Å²) in [7, 11) is 1.66. The molecule has 1 atom stereocenters. The molecular weight excluding hydrogens is 276 g/mol. The number of halogens is 1. The van der Waals surface area contributed by atoms with Crippen molar-refractivity contribution in [2.75, 3.05) is 13.7 Å². The van der Waals surface area contributed by atoms with Gasteiger partial charge in [0.1, 0.15) is 5.75 Å². The normalized spacial score (nSPS) is 12.5. The first kappa shape index (κ1) is 12.9. The minimum absolute atomic E-state index is 0.215. The predicted octanol–water partition coefficient (Wildman–Crippen LogP) is 3.07. The molecule has 0 radical (unpaired) electrons. The van der Waals surface area contributed by atoms with Gasteiger partial charge in [0.05, 0.1) is 13.7 Å². The van der Waals surface area contributed by atoms with Crippen LogP contribution < -0.4 is 4.74 Å². The molecule has 4 heteroatoms. The van der Waals surface area contributed by atoms with E-state index in [1.165, 1.54) is 5.56 Å². The molecule has 0 aromatic heterocycles. The van der Waals surface area contributed by atoms with Crippen molar-refractivity contribution in [2.45, 2.75) is 17.9 Å². The Balaban J connectivity index is 2.66. The summed E-state index contributed by atoms with van der Waals surface area (Å²) in [6.45, 7) is 2.23. The maximum atomic E-state index is 8.93. The number of hydrogen-bond acceptors (Lipinski definition) is 3. The Labute approximate surface area is 103 Å². The van der Waals surface area contributed by atoms with Crippen LogP contribution in [-0.4, -0.2) is 24.1 Å². The Hall–Kier alpha value is -0.190. The quantitative estimate of drug-likeness (QED) is 0.904. The van der Waals surface area contributed by atoms with E-state index in [4.69, 9.17) is 9.84 Å². The van der Waals surface area contributed by atoms with Crippen molar-refractivity contribution < 1.29 is 9.84 Å². The van der Waals surface area contributed by atoms with Gasteiger partial charge >= 0.3 is 0 Å². The number of benzene rings is 1. The van der Waals surface area contributed by atoms with E-state index in [-0.39, 0.29) is 11.9 Å². The van der Waals surface area contributed by atoms with Crippen LogP contribution in [0.15, 0.2) is 22.7 Å². The summed E-state index contributed by atoms with van der Waals surface area (Å²) in [5.41, 5.74) is 1.19. The summed E-state index contributed by atoms with van der Waals surface area (Å²) in [4.78, 5) is 0. The van der Waals surface area contributed by atoms with Gasteiger partial charge in [0.15, 0.2) is 0 Å². The number of aliphatic hydroxyl groups excluding tert-OH is 1. The third kappa shape index (κ3) is 4.05. The Morgan fingerprint density at radius 2 is 2.27 bits per heavy atom. The lowest BCUT2D eigenvalue weighted by atomic mass is 10.2.